The molecule has 8 nitrogen and oxygen atoms in total. The van der Waals surface area contributed by atoms with Crippen molar-refractivity contribution in [3.63, 3.8) is 0 Å². The van der Waals surface area contributed by atoms with Gasteiger partial charge in [-0.2, -0.15) is 0 Å². The van der Waals surface area contributed by atoms with Crippen LogP contribution in [0.25, 0.3) is 0 Å². The summed E-state index contributed by atoms with van der Waals surface area (Å²) in [5, 5.41) is 18.8. The van der Waals surface area contributed by atoms with Crippen LogP contribution in [0.15, 0.2) is 0 Å². The molecule has 0 aromatic rings. The number of ether oxygens (including phenoxy) is 2. The van der Waals surface area contributed by atoms with E-state index in [9.17, 15) is 29.4 Å². The lowest BCUT2D eigenvalue weighted by atomic mass is 9.68. The summed E-state index contributed by atoms with van der Waals surface area (Å²) in [6, 6.07) is 0. The highest BCUT2D eigenvalue weighted by Gasteiger charge is 2.50. The van der Waals surface area contributed by atoms with Crippen molar-refractivity contribution in [2.75, 3.05) is 13.2 Å². The van der Waals surface area contributed by atoms with Crippen molar-refractivity contribution in [1.82, 2.24) is 0 Å². The molecule has 160 valence electrons. The molecule has 0 aromatic heterocycles. The second-order valence-corrected chi connectivity index (χ2v) is 8.27. The Balaban J connectivity index is 2.96. The first-order valence-corrected chi connectivity index (χ1v) is 9.83. The van der Waals surface area contributed by atoms with Gasteiger partial charge in [-0.3, -0.25) is 19.2 Å². The van der Waals surface area contributed by atoms with Crippen LogP contribution in [0.4, 0.5) is 0 Å². The molecule has 0 aliphatic heterocycles. The van der Waals surface area contributed by atoms with E-state index in [1.807, 2.05) is 27.7 Å². The monoisotopic (exact) mass is 400 g/mol. The number of carbonyl (C=O) groups excluding carboxylic acids is 2. The Bertz CT molecular complexity index is 519. The lowest BCUT2D eigenvalue weighted by Crippen LogP contribution is -2.46. The fraction of sp³-hybridized carbons (Fsp3) is 0.800. The van der Waals surface area contributed by atoms with Gasteiger partial charge >= 0.3 is 23.9 Å². The Labute approximate surface area is 165 Å². The quantitative estimate of drug-likeness (QED) is 0.536. The SMILES string of the molecule is CC(C)CCOC(=O)C1CC(C(=O)O)C(C(=O)O)CC1C(=O)OCCC(C)C. The average molecular weight is 400 g/mol. The number of hydrogen-bond acceptors (Lipinski definition) is 6. The molecule has 4 unspecified atom stereocenters. The molecule has 28 heavy (non-hydrogen) atoms. The van der Waals surface area contributed by atoms with Crippen LogP contribution >= 0.6 is 0 Å². The zero-order valence-corrected chi connectivity index (χ0v) is 17.1. The molecule has 0 heterocycles. The summed E-state index contributed by atoms with van der Waals surface area (Å²) >= 11 is 0. The molecular formula is C20H32O8. The smallest absolute Gasteiger partial charge is 0.309 e. The normalized spacial score (nSPS) is 24.8. The third kappa shape index (κ3) is 7.13. The van der Waals surface area contributed by atoms with Crippen LogP contribution in [0.2, 0.25) is 0 Å². The number of rotatable bonds is 10. The highest BCUT2D eigenvalue weighted by atomic mass is 16.5. The van der Waals surface area contributed by atoms with E-state index < -0.39 is 47.5 Å². The predicted molar refractivity (Wildman–Crippen MR) is 99.3 cm³/mol. The lowest BCUT2D eigenvalue weighted by Gasteiger charge is -2.35. The molecule has 0 radical (unpaired) electrons. The topological polar surface area (TPSA) is 127 Å². The molecule has 2 N–H and O–H groups in total. The minimum Gasteiger partial charge on any atom is -0.481 e. The van der Waals surface area contributed by atoms with Crippen LogP contribution in [0.1, 0.15) is 53.4 Å². The summed E-state index contributed by atoms with van der Waals surface area (Å²) < 4.78 is 10.5. The van der Waals surface area contributed by atoms with Crippen molar-refractivity contribution in [2.24, 2.45) is 35.5 Å². The molecule has 0 spiro atoms. The van der Waals surface area contributed by atoms with E-state index in [4.69, 9.17) is 9.47 Å². The summed E-state index contributed by atoms with van der Waals surface area (Å²) in [6.07, 6.45) is 0.775. The van der Waals surface area contributed by atoms with Gasteiger partial charge in [0.1, 0.15) is 0 Å². The fourth-order valence-corrected chi connectivity index (χ4v) is 3.28. The van der Waals surface area contributed by atoms with Gasteiger partial charge in [0, 0.05) is 0 Å². The van der Waals surface area contributed by atoms with Gasteiger partial charge in [0.15, 0.2) is 0 Å². The zero-order chi connectivity index (χ0) is 21.4. The van der Waals surface area contributed by atoms with Crippen molar-refractivity contribution >= 4 is 23.9 Å². The standard InChI is InChI=1S/C20H32O8/c1-11(2)5-7-27-19(25)15-9-13(17(21)22)14(18(23)24)10-16(15)20(26)28-8-6-12(3)4/h11-16H,5-10H2,1-4H3,(H,21,22)(H,23,24). The van der Waals surface area contributed by atoms with Gasteiger partial charge in [-0.05, 0) is 37.5 Å². The molecule has 1 saturated carbocycles. The summed E-state index contributed by atoms with van der Waals surface area (Å²) in [6.45, 7) is 8.23. The van der Waals surface area contributed by atoms with Gasteiger partial charge in [0.05, 0.1) is 36.9 Å². The number of esters is 2. The minimum atomic E-state index is -1.29. The third-order valence-corrected chi connectivity index (χ3v) is 5.11. The van der Waals surface area contributed by atoms with Gasteiger partial charge in [-0.1, -0.05) is 27.7 Å². The van der Waals surface area contributed by atoms with E-state index in [0.717, 1.165) is 0 Å². The number of aliphatic carboxylic acids is 2. The molecule has 1 aliphatic carbocycles. The van der Waals surface area contributed by atoms with E-state index in [2.05, 4.69) is 0 Å². The van der Waals surface area contributed by atoms with Crippen LogP contribution in [-0.4, -0.2) is 47.3 Å². The van der Waals surface area contributed by atoms with Gasteiger partial charge < -0.3 is 19.7 Å². The summed E-state index contributed by atoms with van der Waals surface area (Å²) in [5.41, 5.74) is 0. The van der Waals surface area contributed by atoms with E-state index in [1.165, 1.54) is 0 Å². The van der Waals surface area contributed by atoms with Gasteiger partial charge in [-0.15, -0.1) is 0 Å². The molecular weight excluding hydrogens is 368 g/mol. The first-order chi connectivity index (χ1) is 13.0. The van der Waals surface area contributed by atoms with E-state index in [-0.39, 0.29) is 26.1 Å². The van der Waals surface area contributed by atoms with E-state index in [0.29, 0.717) is 24.7 Å². The Morgan fingerprint density at radius 2 is 1.04 bits per heavy atom. The molecule has 1 fully saturated rings. The molecule has 0 saturated heterocycles. The third-order valence-electron chi connectivity index (χ3n) is 5.11. The first kappa shape index (κ1) is 23.9. The van der Waals surface area contributed by atoms with Gasteiger partial charge in [-0.25, -0.2) is 0 Å². The lowest BCUT2D eigenvalue weighted by molar-refractivity contribution is -0.172. The zero-order valence-electron chi connectivity index (χ0n) is 17.1. The van der Waals surface area contributed by atoms with E-state index in [1.54, 1.807) is 0 Å². The number of carboxylic acid groups (broad SMARTS) is 2. The van der Waals surface area contributed by atoms with Gasteiger partial charge in [0.2, 0.25) is 0 Å². The van der Waals surface area contributed by atoms with Crippen LogP contribution in [-0.2, 0) is 28.7 Å². The number of carboxylic acids is 2. The van der Waals surface area contributed by atoms with Crippen molar-refractivity contribution in [1.29, 1.82) is 0 Å². The van der Waals surface area contributed by atoms with Crippen LogP contribution < -0.4 is 0 Å². The fourth-order valence-electron chi connectivity index (χ4n) is 3.28. The summed E-state index contributed by atoms with van der Waals surface area (Å²) in [7, 11) is 0. The summed E-state index contributed by atoms with van der Waals surface area (Å²) in [5.74, 6) is -7.81. The molecule has 1 aliphatic rings. The molecule has 0 amide bonds. The molecule has 8 heteroatoms. The highest BCUT2D eigenvalue weighted by Crippen LogP contribution is 2.40. The molecule has 1 rings (SSSR count). The van der Waals surface area contributed by atoms with Crippen LogP contribution in [0.3, 0.4) is 0 Å². The van der Waals surface area contributed by atoms with E-state index >= 15 is 0 Å². The number of carbonyl (C=O) groups is 4. The average Bonchev–Trinajstić information content (AvgIpc) is 2.59. The number of hydrogen-bond donors (Lipinski definition) is 2. The largest absolute Gasteiger partial charge is 0.481 e. The Hall–Kier alpha value is -2.12. The maximum absolute atomic E-state index is 12.6. The predicted octanol–water partition coefficient (Wildman–Crippen LogP) is 2.59. The molecule has 0 bridgehead atoms. The first-order valence-electron chi connectivity index (χ1n) is 9.83. The maximum Gasteiger partial charge on any atom is 0.309 e. The van der Waals surface area contributed by atoms with Crippen molar-refractivity contribution in [3.8, 4) is 0 Å². The summed E-state index contributed by atoms with van der Waals surface area (Å²) in [4.78, 5) is 48.2. The second-order valence-electron chi connectivity index (χ2n) is 8.27. The Morgan fingerprint density at radius 3 is 1.29 bits per heavy atom. The molecule has 0 aromatic carbocycles. The second kappa shape index (κ2) is 11.0. The minimum absolute atomic E-state index is 0.169. The molecule has 4 atom stereocenters. The Kier molecular flexibility index (Phi) is 9.41. The van der Waals surface area contributed by atoms with Crippen molar-refractivity contribution in [3.05, 3.63) is 0 Å². The van der Waals surface area contributed by atoms with Crippen molar-refractivity contribution in [2.45, 2.75) is 53.4 Å². The Morgan fingerprint density at radius 1 is 0.714 bits per heavy atom. The highest BCUT2D eigenvalue weighted by molar-refractivity contribution is 5.86. The van der Waals surface area contributed by atoms with Crippen LogP contribution in [0, 0.1) is 35.5 Å². The van der Waals surface area contributed by atoms with Gasteiger partial charge in [0.25, 0.3) is 0 Å². The van der Waals surface area contributed by atoms with Crippen molar-refractivity contribution < 1.29 is 38.9 Å². The van der Waals surface area contributed by atoms with Crippen LogP contribution in [0.5, 0.6) is 0 Å². The maximum atomic E-state index is 12.6.